The third-order valence-electron chi connectivity index (χ3n) is 2.41. The lowest BCUT2D eigenvalue weighted by atomic mass is 10.2. The number of aliphatic imine (C=N–C) groups is 1. The largest absolute Gasteiger partial charge is 0.444 e. The molecule has 0 radical (unpaired) electrons. The molecule has 1 fully saturated rings. The van der Waals surface area contributed by atoms with Gasteiger partial charge in [0.25, 0.3) is 0 Å². The van der Waals surface area contributed by atoms with E-state index in [0.29, 0.717) is 6.42 Å². The molecule has 5 heteroatoms. The van der Waals surface area contributed by atoms with Crippen molar-refractivity contribution in [1.29, 1.82) is 0 Å². The number of alkyl carbamates (subject to hydrolysis) is 1. The Morgan fingerprint density at radius 1 is 1.60 bits per heavy atom. The van der Waals surface area contributed by atoms with E-state index in [1.807, 2.05) is 20.8 Å². The number of carbonyl (C=O) groups excluding carboxylic acids is 1. The fourth-order valence-corrected chi connectivity index (χ4v) is 1.78. The Balaban J connectivity index is 1.83. The standard InChI is InChI=1S/C10H16N2O3/c1-10(2,3)15-9(14)11-5-4-6(13)8-7(5)12-8/h5-6,8,13H,4H2,1-3H3,(H,11,14)/t5-,6-,8+/m1/s1. The van der Waals surface area contributed by atoms with Crippen molar-refractivity contribution < 1.29 is 14.6 Å². The second-order valence-corrected chi connectivity index (χ2v) is 5.00. The number of hydrogen-bond donors (Lipinski definition) is 2. The molecule has 1 amide bonds. The van der Waals surface area contributed by atoms with Crippen LogP contribution in [0.4, 0.5) is 4.79 Å². The molecule has 2 rings (SSSR count). The average molecular weight is 212 g/mol. The zero-order valence-corrected chi connectivity index (χ0v) is 9.15. The first-order valence-electron chi connectivity index (χ1n) is 5.12. The normalized spacial score (nSPS) is 33.1. The van der Waals surface area contributed by atoms with E-state index in [0.717, 1.165) is 5.71 Å². The van der Waals surface area contributed by atoms with Crippen LogP contribution >= 0.6 is 0 Å². The highest BCUT2D eigenvalue weighted by atomic mass is 16.6. The number of ether oxygens (including phenoxy) is 1. The molecule has 0 unspecified atom stereocenters. The first kappa shape index (κ1) is 10.4. The summed E-state index contributed by atoms with van der Waals surface area (Å²) in [6.07, 6.45) is -0.335. The molecule has 1 saturated carbocycles. The molecule has 1 aliphatic carbocycles. The van der Waals surface area contributed by atoms with Gasteiger partial charge >= 0.3 is 6.09 Å². The lowest BCUT2D eigenvalue weighted by molar-refractivity contribution is 0.0511. The van der Waals surface area contributed by atoms with Gasteiger partial charge in [0.1, 0.15) is 11.6 Å². The maximum atomic E-state index is 11.4. The topological polar surface area (TPSA) is 70.9 Å². The first-order valence-corrected chi connectivity index (χ1v) is 5.12. The van der Waals surface area contributed by atoms with Crippen molar-refractivity contribution in [3.05, 3.63) is 0 Å². The summed E-state index contributed by atoms with van der Waals surface area (Å²) in [4.78, 5) is 15.5. The van der Waals surface area contributed by atoms with E-state index in [-0.39, 0.29) is 12.1 Å². The minimum absolute atomic E-state index is 0.0371. The molecule has 0 aromatic heterocycles. The number of carbonyl (C=O) groups is 1. The summed E-state index contributed by atoms with van der Waals surface area (Å²) in [5.74, 6) is 0. The van der Waals surface area contributed by atoms with Crippen molar-refractivity contribution in [2.75, 3.05) is 0 Å². The molecule has 84 valence electrons. The lowest BCUT2D eigenvalue weighted by Gasteiger charge is -2.21. The Kier molecular flexibility index (Phi) is 2.22. The predicted octanol–water partition coefficient (Wildman–Crippen LogP) is 0.468. The maximum Gasteiger partial charge on any atom is 0.408 e. The van der Waals surface area contributed by atoms with Crippen LogP contribution in [0.25, 0.3) is 0 Å². The summed E-state index contributed by atoms with van der Waals surface area (Å²) in [6.45, 7) is 5.44. The van der Waals surface area contributed by atoms with E-state index in [9.17, 15) is 9.90 Å². The highest BCUT2D eigenvalue weighted by Crippen LogP contribution is 2.31. The Hall–Kier alpha value is -1.10. The van der Waals surface area contributed by atoms with Gasteiger partial charge in [0, 0.05) is 6.42 Å². The summed E-state index contributed by atoms with van der Waals surface area (Å²) >= 11 is 0. The van der Waals surface area contributed by atoms with Gasteiger partial charge in [-0.05, 0) is 20.8 Å². The summed E-state index contributed by atoms with van der Waals surface area (Å²) in [6, 6.07) is -0.176. The molecule has 0 spiro atoms. The molecule has 5 nitrogen and oxygen atoms in total. The van der Waals surface area contributed by atoms with Crippen molar-refractivity contribution in [2.45, 2.75) is 51.0 Å². The van der Waals surface area contributed by atoms with Gasteiger partial charge in [-0.1, -0.05) is 0 Å². The Bertz CT molecular complexity index is 319. The third-order valence-corrected chi connectivity index (χ3v) is 2.41. The number of aliphatic hydroxyl groups is 1. The van der Waals surface area contributed by atoms with E-state index < -0.39 is 17.8 Å². The van der Waals surface area contributed by atoms with Gasteiger partial charge in [0.2, 0.25) is 0 Å². The molecule has 0 aromatic rings. The van der Waals surface area contributed by atoms with Crippen LogP contribution in [0.15, 0.2) is 4.99 Å². The number of fused-ring (bicyclic) bond motifs is 1. The minimum Gasteiger partial charge on any atom is -0.444 e. The molecule has 0 saturated heterocycles. The molecule has 15 heavy (non-hydrogen) atoms. The highest BCUT2D eigenvalue weighted by molar-refractivity contribution is 6.08. The van der Waals surface area contributed by atoms with Gasteiger partial charge in [0.05, 0.1) is 17.9 Å². The summed E-state index contributed by atoms with van der Waals surface area (Å²) in [5, 5.41) is 12.2. The minimum atomic E-state index is -0.494. The van der Waals surface area contributed by atoms with Crippen molar-refractivity contribution in [2.24, 2.45) is 4.99 Å². The monoisotopic (exact) mass is 212 g/mol. The van der Waals surface area contributed by atoms with Gasteiger partial charge in [-0.2, -0.15) is 0 Å². The van der Waals surface area contributed by atoms with Crippen LogP contribution in [0, 0.1) is 0 Å². The number of amides is 1. The third kappa shape index (κ3) is 2.28. The summed E-state index contributed by atoms with van der Waals surface area (Å²) in [7, 11) is 0. The van der Waals surface area contributed by atoms with E-state index in [1.165, 1.54) is 0 Å². The molecule has 2 aliphatic rings. The van der Waals surface area contributed by atoms with E-state index >= 15 is 0 Å². The molecule has 1 aliphatic heterocycles. The number of nitrogens with zero attached hydrogens (tertiary/aromatic N) is 1. The molecular formula is C10H16N2O3. The number of rotatable bonds is 1. The fraction of sp³-hybridized carbons (Fsp3) is 0.800. The van der Waals surface area contributed by atoms with E-state index in [4.69, 9.17) is 4.74 Å². The highest BCUT2D eigenvalue weighted by Gasteiger charge is 2.48. The summed E-state index contributed by atoms with van der Waals surface area (Å²) in [5.41, 5.74) is 0.403. The Labute approximate surface area is 88.5 Å². The SMILES string of the molecule is CC(C)(C)OC(=O)N[C@@H]1C[C@@H](O)[C@@H]2N=C21. The molecular weight excluding hydrogens is 196 g/mol. The van der Waals surface area contributed by atoms with E-state index in [2.05, 4.69) is 10.3 Å². The average Bonchev–Trinajstić information content (AvgIpc) is 2.71. The Morgan fingerprint density at radius 3 is 2.67 bits per heavy atom. The van der Waals surface area contributed by atoms with E-state index in [1.54, 1.807) is 0 Å². The second-order valence-electron chi connectivity index (χ2n) is 5.00. The lowest BCUT2D eigenvalue weighted by Crippen LogP contribution is -2.40. The number of hydrogen-bond acceptors (Lipinski definition) is 4. The second kappa shape index (κ2) is 3.20. The number of nitrogens with one attached hydrogen (secondary N) is 1. The molecule has 0 bridgehead atoms. The van der Waals surface area contributed by atoms with Crippen molar-refractivity contribution in [3.63, 3.8) is 0 Å². The summed E-state index contributed by atoms with van der Waals surface area (Å²) < 4.78 is 5.12. The fourth-order valence-electron chi connectivity index (χ4n) is 1.78. The van der Waals surface area contributed by atoms with Gasteiger partial charge in [-0.25, -0.2) is 4.79 Å². The zero-order chi connectivity index (χ0) is 11.2. The maximum absolute atomic E-state index is 11.4. The smallest absolute Gasteiger partial charge is 0.408 e. The van der Waals surface area contributed by atoms with Crippen LogP contribution in [-0.2, 0) is 4.74 Å². The van der Waals surface area contributed by atoms with Crippen LogP contribution in [0.5, 0.6) is 0 Å². The van der Waals surface area contributed by atoms with Crippen LogP contribution in [0.2, 0.25) is 0 Å². The number of aliphatic hydroxyl groups excluding tert-OH is 1. The Morgan fingerprint density at radius 2 is 2.27 bits per heavy atom. The van der Waals surface area contributed by atoms with Crippen LogP contribution in [-0.4, -0.2) is 40.7 Å². The van der Waals surface area contributed by atoms with Crippen LogP contribution in [0.3, 0.4) is 0 Å². The quantitative estimate of drug-likeness (QED) is 0.663. The zero-order valence-electron chi connectivity index (χ0n) is 9.15. The van der Waals surface area contributed by atoms with Crippen molar-refractivity contribution >= 4 is 11.8 Å². The van der Waals surface area contributed by atoms with Crippen molar-refractivity contribution in [1.82, 2.24) is 5.32 Å². The van der Waals surface area contributed by atoms with Crippen LogP contribution < -0.4 is 5.32 Å². The van der Waals surface area contributed by atoms with Crippen molar-refractivity contribution in [3.8, 4) is 0 Å². The molecule has 2 N–H and O–H groups in total. The van der Waals surface area contributed by atoms with Gasteiger partial charge in [0.15, 0.2) is 0 Å². The molecule has 0 aromatic carbocycles. The van der Waals surface area contributed by atoms with Gasteiger partial charge in [-0.3, -0.25) is 4.99 Å². The van der Waals surface area contributed by atoms with Crippen LogP contribution in [0.1, 0.15) is 27.2 Å². The van der Waals surface area contributed by atoms with Gasteiger partial charge < -0.3 is 15.2 Å². The van der Waals surface area contributed by atoms with Gasteiger partial charge in [-0.15, -0.1) is 0 Å². The first-order chi connectivity index (χ1) is 6.87. The molecule has 3 atom stereocenters. The predicted molar refractivity (Wildman–Crippen MR) is 55.0 cm³/mol. The molecule has 1 heterocycles.